The van der Waals surface area contributed by atoms with Crippen molar-refractivity contribution in [1.29, 1.82) is 0 Å². The van der Waals surface area contributed by atoms with E-state index in [9.17, 15) is 13.2 Å². The molecule has 0 saturated heterocycles. The van der Waals surface area contributed by atoms with E-state index in [1.54, 1.807) is 13.0 Å². The summed E-state index contributed by atoms with van der Waals surface area (Å²) >= 11 is 9.02. The number of alkyl halides is 4. The fourth-order valence-electron chi connectivity index (χ4n) is 1.12. The molecule has 1 nitrogen and oxygen atoms in total. The van der Waals surface area contributed by atoms with Crippen molar-refractivity contribution in [2.24, 2.45) is 0 Å². The predicted octanol–water partition coefficient (Wildman–Crippen LogP) is 4.74. The van der Waals surface area contributed by atoms with Crippen LogP contribution in [0.4, 0.5) is 13.2 Å². The third kappa shape index (κ3) is 4.22. The van der Waals surface area contributed by atoms with Crippen LogP contribution in [0.15, 0.2) is 18.2 Å². The van der Waals surface area contributed by atoms with Crippen LogP contribution in [-0.2, 0) is 0 Å². The molecular weight excluding hydrogens is 308 g/mol. The Balaban J connectivity index is 2.87. The molecule has 0 amide bonds. The third-order valence-electron chi connectivity index (χ3n) is 1.79. The Kier molecular flexibility index (Phi) is 4.50. The van der Waals surface area contributed by atoms with Crippen LogP contribution in [0, 0.1) is 0 Å². The number of hydrogen-bond acceptors (Lipinski definition) is 1. The summed E-state index contributed by atoms with van der Waals surface area (Å²) in [5.41, 5.74) is 0.594. The summed E-state index contributed by atoms with van der Waals surface area (Å²) in [7, 11) is 0. The summed E-state index contributed by atoms with van der Waals surface area (Å²) in [6, 6.07) is 4.50. The van der Waals surface area contributed by atoms with E-state index >= 15 is 0 Å². The molecule has 0 spiro atoms. The molecule has 16 heavy (non-hydrogen) atoms. The smallest absolute Gasteiger partial charge is 0.422 e. The first-order valence-corrected chi connectivity index (χ1v) is 5.72. The molecule has 1 rings (SSSR count). The van der Waals surface area contributed by atoms with Crippen molar-refractivity contribution in [1.82, 2.24) is 0 Å². The summed E-state index contributed by atoms with van der Waals surface area (Å²) in [5, 5.41) is 0.459. The van der Waals surface area contributed by atoms with Gasteiger partial charge in [-0.1, -0.05) is 27.5 Å². The van der Waals surface area contributed by atoms with Gasteiger partial charge in [-0.2, -0.15) is 13.2 Å². The number of benzene rings is 1. The number of hydrogen-bond donors (Lipinski definition) is 0. The van der Waals surface area contributed by atoms with E-state index in [0.29, 0.717) is 10.6 Å². The molecule has 1 aromatic rings. The summed E-state index contributed by atoms with van der Waals surface area (Å²) in [4.78, 5) is -0.130. The number of halogens is 5. The van der Waals surface area contributed by atoms with Gasteiger partial charge in [0.05, 0.1) is 0 Å². The van der Waals surface area contributed by atoms with E-state index in [-0.39, 0.29) is 10.6 Å². The Morgan fingerprint density at radius 3 is 2.56 bits per heavy atom. The van der Waals surface area contributed by atoms with Crippen LogP contribution >= 0.6 is 27.5 Å². The van der Waals surface area contributed by atoms with Gasteiger partial charge in [0, 0.05) is 15.4 Å². The van der Waals surface area contributed by atoms with E-state index < -0.39 is 12.8 Å². The van der Waals surface area contributed by atoms with Crippen molar-refractivity contribution in [3.05, 3.63) is 28.8 Å². The first-order chi connectivity index (χ1) is 7.29. The van der Waals surface area contributed by atoms with Crippen LogP contribution < -0.4 is 4.74 Å². The normalized spacial score (nSPS) is 13.6. The zero-order valence-corrected chi connectivity index (χ0v) is 10.7. The minimum Gasteiger partial charge on any atom is -0.484 e. The van der Waals surface area contributed by atoms with Crippen molar-refractivity contribution < 1.29 is 17.9 Å². The zero-order chi connectivity index (χ0) is 12.3. The monoisotopic (exact) mass is 316 g/mol. The predicted molar refractivity (Wildman–Crippen MR) is 60.3 cm³/mol. The molecule has 0 aromatic heterocycles. The molecular formula is C10H9BrClF3O. The van der Waals surface area contributed by atoms with Gasteiger partial charge < -0.3 is 4.74 Å². The maximum absolute atomic E-state index is 12.0. The molecule has 0 N–H and O–H groups in total. The molecule has 0 radical (unpaired) electrons. The highest BCUT2D eigenvalue weighted by molar-refractivity contribution is 9.09. The van der Waals surface area contributed by atoms with Crippen LogP contribution in [0.25, 0.3) is 0 Å². The summed E-state index contributed by atoms with van der Waals surface area (Å²) in [6.07, 6.45) is -4.34. The van der Waals surface area contributed by atoms with Gasteiger partial charge in [0.15, 0.2) is 6.61 Å². The second-order valence-corrected chi connectivity index (χ2v) is 5.01. The lowest BCUT2D eigenvalue weighted by Crippen LogP contribution is -2.19. The SMILES string of the molecule is CC(Br)c1cc(Cl)ccc1OCC(F)(F)F. The van der Waals surface area contributed by atoms with Crippen LogP contribution in [-0.4, -0.2) is 12.8 Å². The van der Waals surface area contributed by atoms with E-state index in [1.165, 1.54) is 12.1 Å². The van der Waals surface area contributed by atoms with E-state index in [1.807, 2.05) is 0 Å². The van der Waals surface area contributed by atoms with Crippen LogP contribution in [0.3, 0.4) is 0 Å². The maximum atomic E-state index is 12.0. The lowest BCUT2D eigenvalue weighted by Gasteiger charge is -2.14. The second-order valence-electron chi connectivity index (χ2n) is 3.20. The molecule has 1 unspecified atom stereocenters. The van der Waals surface area contributed by atoms with Crippen molar-refractivity contribution in [3.8, 4) is 5.75 Å². The Hall–Kier alpha value is -0.420. The molecule has 90 valence electrons. The molecule has 1 atom stereocenters. The molecule has 0 fully saturated rings. The van der Waals surface area contributed by atoms with E-state index in [4.69, 9.17) is 16.3 Å². The molecule has 6 heteroatoms. The van der Waals surface area contributed by atoms with E-state index in [2.05, 4.69) is 15.9 Å². The van der Waals surface area contributed by atoms with Crippen LogP contribution in [0.1, 0.15) is 17.3 Å². The van der Waals surface area contributed by atoms with Crippen molar-refractivity contribution in [3.63, 3.8) is 0 Å². The van der Waals surface area contributed by atoms with Crippen LogP contribution in [0.2, 0.25) is 5.02 Å². The van der Waals surface area contributed by atoms with Crippen molar-refractivity contribution >= 4 is 27.5 Å². The lowest BCUT2D eigenvalue weighted by atomic mass is 10.1. The fraction of sp³-hybridized carbons (Fsp3) is 0.400. The third-order valence-corrected chi connectivity index (χ3v) is 2.52. The highest BCUT2D eigenvalue weighted by atomic mass is 79.9. The van der Waals surface area contributed by atoms with Gasteiger partial charge in [-0.05, 0) is 25.1 Å². The Bertz CT molecular complexity index is 366. The Morgan fingerprint density at radius 2 is 2.06 bits per heavy atom. The molecule has 0 aliphatic heterocycles. The zero-order valence-electron chi connectivity index (χ0n) is 8.31. The summed E-state index contributed by atoms with van der Waals surface area (Å²) < 4.78 is 40.7. The van der Waals surface area contributed by atoms with Crippen LogP contribution in [0.5, 0.6) is 5.75 Å². The quantitative estimate of drug-likeness (QED) is 0.732. The standard InChI is InChI=1S/C10H9BrClF3O/c1-6(11)8-4-7(12)2-3-9(8)16-5-10(13,14)15/h2-4,6H,5H2,1H3. The highest BCUT2D eigenvalue weighted by Crippen LogP contribution is 2.33. The van der Waals surface area contributed by atoms with Gasteiger partial charge in [-0.25, -0.2) is 0 Å². The van der Waals surface area contributed by atoms with E-state index in [0.717, 1.165) is 0 Å². The fourth-order valence-corrected chi connectivity index (χ4v) is 1.66. The largest absolute Gasteiger partial charge is 0.484 e. The second kappa shape index (κ2) is 5.27. The van der Waals surface area contributed by atoms with Gasteiger partial charge in [0.1, 0.15) is 5.75 Å². The lowest BCUT2D eigenvalue weighted by molar-refractivity contribution is -0.153. The van der Waals surface area contributed by atoms with Crippen molar-refractivity contribution in [2.45, 2.75) is 17.9 Å². The highest BCUT2D eigenvalue weighted by Gasteiger charge is 2.29. The average Bonchev–Trinajstić information content (AvgIpc) is 2.14. The van der Waals surface area contributed by atoms with Gasteiger partial charge >= 0.3 is 6.18 Å². The molecule has 0 bridgehead atoms. The first kappa shape index (κ1) is 13.6. The first-order valence-electron chi connectivity index (χ1n) is 4.42. The van der Waals surface area contributed by atoms with Gasteiger partial charge in [0.2, 0.25) is 0 Å². The maximum Gasteiger partial charge on any atom is 0.422 e. The van der Waals surface area contributed by atoms with Gasteiger partial charge in [-0.3, -0.25) is 0 Å². The molecule has 0 aliphatic carbocycles. The van der Waals surface area contributed by atoms with Gasteiger partial charge in [0.25, 0.3) is 0 Å². The minimum atomic E-state index is -4.34. The number of ether oxygens (including phenoxy) is 1. The Labute approximate surface area is 105 Å². The average molecular weight is 318 g/mol. The molecule has 0 aliphatic rings. The Morgan fingerprint density at radius 1 is 1.44 bits per heavy atom. The summed E-state index contributed by atoms with van der Waals surface area (Å²) in [6.45, 7) is 0.480. The topological polar surface area (TPSA) is 9.23 Å². The molecule has 0 heterocycles. The minimum absolute atomic E-state index is 0.130. The molecule has 1 aromatic carbocycles. The number of rotatable bonds is 3. The van der Waals surface area contributed by atoms with Crippen molar-refractivity contribution in [2.75, 3.05) is 6.61 Å². The molecule has 0 saturated carbocycles. The summed E-state index contributed by atoms with van der Waals surface area (Å²) in [5.74, 6) is 0.186. The van der Waals surface area contributed by atoms with Gasteiger partial charge in [-0.15, -0.1) is 0 Å².